The molecule has 3 nitrogen and oxygen atoms in total. The number of hydrogen-bond acceptors (Lipinski definition) is 3. The van der Waals surface area contributed by atoms with Gasteiger partial charge in [0.15, 0.2) is 0 Å². The lowest BCUT2D eigenvalue weighted by molar-refractivity contribution is -0.137. The predicted molar refractivity (Wildman–Crippen MR) is 78.0 cm³/mol. The number of halogens is 5. The summed E-state index contributed by atoms with van der Waals surface area (Å²) >= 11 is 5.72. The van der Waals surface area contributed by atoms with Crippen molar-refractivity contribution in [2.45, 2.75) is 12.2 Å². The number of benzene rings is 1. The Morgan fingerprint density at radius 1 is 1.29 bits per heavy atom. The van der Waals surface area contributed by atoms with E-state index in [1.807, 2.05) is 4.90 Å². The van der Waals surface area contributed by atoms with E-state index in [0.29, 0.717) is 5.56 Å². The second-order valence-electron chi connectivity index (χ2n) is 4.72. The highest BCUT2D eigenvalue weighted by atomic mass is 35.5. The monoisotopic (exact) mass is 344 g/mol. The summed E-state index contributed by atoms with van der Waals surface area (Å²) in [4.78, 5) is 2.04. The van der Waals surface area contributed by atoms with Crippen molar-refractivity contribution in [2.24, 2.45) is 0 Å². The fourth-order valence-electron chi connectivity index (χ4n) is 2.39. The van der Waals surface area contributed by atoms with Gasteiger partial charge in [-0.2, -0.15) is 13.2 Å². The van der Waals surface area contributed by atoms with E-state index >= 15 is 0 Å². The Hall–Kier alpha value is -0.530. The number of piperazine rings is 1. The van der Waals surface area contributed by atoms with Crippen LogP contribution >= 0.6 is 24.0 Å². The van der Waals surface area contributed by atoms with Crippen LogP contribution in [0.2, 0.25) is 5.02 Å². The molecule has 120 valence electrons. The second-order valence-corrected chi connectivity index (χ2v) is 5.13. The van der Waals surface area contributed by atoms with Crippen molar-refractivity contribution < 1.29 is 18.3 Å². The summed E-state index contributed by atoms with van der Waals surface area (Å²) in [6.45, 7) is 2.92. The maximum absolute atomic E-state index is 12.7. The van der Waals surface area contributed by atoms with Crippen molar-refractivity contribution in [2.75, 3.05) is 32.8 Å². The van der Waals surface area contributed by atoms with Gasteiger partial charge in [-0.3, -0.25) is 4.90 Å². The van der Waals surface area contributed by atoms with Crippen molar-refractivity contribution in [1.29, 1.82) is 0 Å². The third-order valence-corrected chi connectivity index (χ3v) is 3.76. The molecule has 0 radical (unpaired) electrons. The van der Waals surface area contributed by atoms with Gasteiger partial charge in [-0.1, -0.05) is 17.7 Å². The van der Waals surface area contributed by atoms with Crippen molar-refractivity contribution in [3.63, 3.8) is 0 Å². The fraction of sp³-hybridized carbons (Fsp3) is 0.538. The van der Waals surface area contributed by atoms with Crippen LogP contribution in [0.1, 0.15) is 17.2 Å². The fourth-order valence-corrected chi connectivity index (χ4v) is 2.69. The van der Waals surface area contributed by atoms with Crippen LogP contribution in [0, 0.1) is 0 Å². The molecule has 8 heteroatoms. The van der Waals surface area contributed by atoms with Crippen LogP contribution in [-0.2, 0) is 6.18 Å². The first-order chi connectivity index (χ1) is 9.43. The summed E-state index contributed by atoms with van der Waals surface area (Å²) in [5.41, 5.74) is -0.243. The van der Waals surface area contributed by atoms with Crippen LogP contribution in [0.3, 0.4) is 0 Å². The molecule has 2 N–H and O–H groups in total. The molecular weight excluding hydrogens is 328 g/mol. The van der Waals surface area contributed by atoms with Crippen LogP contribution < -0.4 is 5.32 Å². The zero-order chi connectivity index (χ0) is 14.8. The Morgan fingerprint density at radius 3 is 2.38 bits per heavy atom. The Bertz CT molecular complexity index is 465. The van der Waals surface area contributed by atoms with E-state index in [9.17, 15) is 18.3 Å². The van der Waals surface area contributed by atoms with Gasteiger partial charge in [0, 0.05) is 26.2 Å². The first-order valence-electron chi connectivity index (χ1n) is 6.35. The molecule has 2 rings (SSSR count). The Morgan fingerprint density at radius 2 is 1.90 bits per heavy atom. The zero-order valence-corrected chi connectivity index (χ0v) is 12.7. The number of nitrogens with zero attached hydrogens (tertiary/aromatic N) is 1. The normalized spacial score (nSPS) is 18.1. The Labute approximate surface area is 132 Å². The highest BCUT2D eigenvalue weighted by molar-refractivity contribution is 6.31. The highest BCUT2D eigenvalue weighted by Gasteiger charge is 2.33. The smallest absolute Gasteiger partial charge is 0.394 e. The lowest BCUT2D eigenvalue weighted by atomic mass is 10.0. The molecule has 1 aromatic rings. The molecule has 1 atom stereocenters. The van der Waals surface area contributed by atoms with E-state index < -0.39 is 11.7 Å². The number of aliphatic hydroxyl groups is 1. The topological polar surface area (TPSA) is 35.5 Å². The van der Waals surface area contributed by atoms with Gasteiger partial charge < -0.3 is 10.4 Å². The van der Waals surface area contributed by atoms with E-state index in [2.05, 4.69) is 5.32 Å². The zero-order valence-electron chi connectivity index (χ0n) is 11.2. The van der Waals surface area contributed by atoms with Crippen molar-refractivity contribution >= 4 is 24.0 Å². The highest BCUT2D eigenvalue weighted by Crippen LogP contribution is 2.36. The molecule has 1 aliphatic heterocycles. The summed E-state index contributed by atoms with van der Waals surface area (Å²) in [6, 6.07) is 3.34. The average molecular weight is 345 g/mol. The summed E-state index contributed by atoms with van der Waals surface area (Å²) in [6.07, 6.45) is -4.46. The SMILES string of the molecule is Cl.OC[C@H](c1ccc(C(F)(F)F)c(Cl)c1)N1CCNCC1. The van der Waals surface area contributed by atoms with Gasteiger partial charge in [0.2, 0.25) is 0 Å². The minimum atomic E-state index is -4.46. The minimum absolute atomic E-state index is 0. The number of nitrogens with one attached hydrogen (secondary N) is 1. The number of alkyl halides is 3. The summed E-state index contributed by atoms with van der Waals surface area (Å²) in [7, 11) is 0. The first kappa shape index (κ1) is 18.5. The number of rotatable bonds is 3. The van der Waals surface area contributed by atoms with E-state index in [1.165, 1.54) is 12.1 Å². The van der Waals surface area contributed by atoms with E-state index in [1.54, 1.807) is 0 Å². The van der Waals surface area contributed by atoms with Crippen molar-refractivity contribution in [3.8, 4) is 0 Å². The molecule has 0 spiro atoms. The molecule has 0 aromatic heterocycles. The lowest BCUT2D eigenvalue weighted by Gasteiger charge is -2.34. The predicted octanol–water partition coefficient (Wildman–Crippen LogP) is 2.72. The molecule has 1 aromatic carbocycles. The van der Waals surface area contributed by atoms with Crippen LogP contribution in [-0.4, -0.2) is 42.8 Å². The molecule has 0 saturated carbocycles. The maximum atomic E-state index is 12.7. The molecule has 0 amide bonds. The summed E-state index contributed by atoms with van der Waals surface area (Å²) in [5, 5.41) is 12.4. The van der Waals surface area contributed by atoms with Gasteiger partial charge in [-0.15, -0.1) is 12.4 Å². The van der Waals surface area contributed by atoms with E-state index in [4.69, 9.17) is 11.6 Å². The first-order valence-corrected chi connectivity index (χ1v) is 6.73. The molecular formula is C13H17Cl2F3N2O. The molecule has 1 heterocycles. The van der Waals surface area contributed by atoms with Gasteiger partial charge in [0.05, 0.1) is 23.2 Å². The standard InChI is InChI=1S/C13H16ClF3N2O.ClH/c14-11-7-9(1-2-10(11)13(15,16)17)12(8-20)19-5-3-18-4-6-19;/h1-2,7,12,18,20H,3-6,8H2;1H/t12-;/m1./s1. The van der Waals surface area contributed by atoms with Crippen molar-refractivity contribution in [3.05, 3.63) is 34.3 Å². The van der Waals surface area contributed by atoms with Gasteiger partial charge in [-0.05, 0) is 17.7 Å². The Balaban J connectivity index is 0.00000220. The molecule has 0 aliphatic carbocycles. The largest absolute Gasteiger partial charge is 0.417 e. The molecule has 1 fully saturated rings. The van der Waals surface area contributed by atoms with Crippen LogP contribution in [0.4, 0.5) is 13.2 Å². The third kappa shape index (κ3) is 4.47. The second kappa shape index (κ2) is 7.65. The van der Waals surface area contributed by atoms with Crippen LogP contribution in [0.5, 0.6) is 0 Å². The van der Waals surface area contributed by atoms with Crippen LogP contribution in [0.25, 0.3) is 0 Å². The molecule has 21 heavy (non-hydrogen) atoms. The molecule has 1 aliphatic rings. The van der Waals surface area contributed by atoms with E-state index in [-0.39, 0.29) is 30.1 Å². The number of aliphatic hydroxyl groups excluding tert-OH is 1. The van der Waals surface area contributed by atoms with Gasteiger partial charge >= 0.3 is 6.18 Å². The molecule has 0 unspecified atom stereocenters. The summed E-state index contributed by atoms with van der Waals surface area (Å²) < 4.78 is 38.0. The third-order valence-electron chi connectivity index (χ3n) is 3.45. The van der Waals surface area contributed by atoms with Gasteiger partial charge in [0.1, 0.15) is 0 Å². The Kier molecular flexibility index (Phi) is 6.74. The van der Waals surface area contributed by atoms with Gasteiger partial charge in [-0.25, -0.2) is 0 Å². The van der Waals surface area contributed by atoms with Crippen molar-refractivity contribution in [1.82, 2.24) is 10.2 Å². The quantitative estimate of drug-likeness (QED) is 0.884. The maximum Gasteiger partial charge on any atom is 0.417 e. The van der Waals surface area contributed by atoms with Crippen LogP contribution in [0.15, 0.2) is 18.2 Å². The van der Waals surface area contributed by atoms with E-state index in [0.717, 1.165) is 32.2 Å². The summed E-state index contributed by atoms with van der Waals surface area (Å²) in [5.74, 6) is 0. The minimum Gasteiger partial charge on any atom is -0.394 e. The molecule has 1 saturated heterocycles. The average Bonchev–Trinajstić information content (AvgIpc) is 2.39. The van der Waals surface area contributed by atoms with Gasteiger partial charge in [0.25, 0.3) is 0 Å². The molecule has 0 bridgehead atoms. The number of hydrogen-bond donors (Lipinski definition) is 2. The lowest BCUT2D eigenvalue weighted by Crippen LogP contribution is -2.46.